The largest absolute Gasteiger partial charge is 0.495 e. The fourth-order valence-corrected chi connectivity index (χ4v) is 2.58. The monoisotopic (exact) mass is 273 g/mol. The molecule has 2 heterocycles. The lowest BCUT2D eigenvalue weighted by atomic mass is 10.2. The van der Waals surface area contributed by atoms with E-state index in [4.69, 9.17) is 9.15 Å². The molecule has 0 unspecified atom stereocenters. The van der Waals surface area contributed by atoms with Gasteiger partial charge < -0.3 is 14.1 Å². The van der Waals surface area contributed by atoms with Crippen LogP contribution in [-0.4, -0.2) is 43.2 Å². The van der Waals surface area contributed by atoms with Gasteiger partial charge in [-0.3, -0.25) is 4.90 Å². The van der Waals surface area contributed by atoms with Crippen molar-refractivity contribution in [2.75, 3.05) is 38.2 Å². The first-order chi connectivity index (χ1) is 9.86. The predicted octanol–water partition coefficient (Wildman–Crippen LogP) is 2.01. The summed E-state index contributed by atoms with van der Waals surface area (Å²) in [5.41, 5.74) is 2.17. The molecule has 2 aromatic rings. The Morgan fingerprint density at radius 3 is 2.70 bits per heavy atom. The zero-order chi connectivity index (χ0) is 13.8. The highest BCUT2D eigenvalue weighted by atomic mass is 16.5. The van der Waals surface area contributed by atoms with Gasteiger partial charge in [-0.2, -0.15) is 0 Å². The molecule has 0 atom stereocenters. The highest BCUT2D eigenvalue weighted by Crippen LogP contribution is 2.28. The van der Waals surface area contributed by atoms with Crippen LogP contribution in [0.4, 0.5) is 5.69 Å². The Hall–Kier alpha value is -2.01. The van der Waals surface area contributed by atoms with Crippen molar-refractivity contribution in [3.63, 3.8) is 0 Å². The third-order valence-electron chi connectivity index (χ3n) is 3.67. The van der Waals surface area contributed by atoms with Gasteiger partial charge in [0.05, 0.1) is 18.5 Å². The van der Waals surface area contributed by atoms with E-state index in [2.05, 4.69) is 26.9 Å². The molecule has 20 heavy (non-hydrogen) atoms. The van der Waals surface area contributed by atoms with Gasteiger partial charge in [-0.15, -0.1) is 0 Å². The summed E-state index contributed by atoms with van der Waals surface area (Å²) in [7, 11) is 1.72. The van der Waals surface area contributed by atoms with Crippen molar-refractivity contribution in [1.29, 1.82) is 0 Å². The average Bonchev–Trinajstić information content (AvgIpc) is 3.01. The van der Waals surface area contributed by atoms with Crippen LogP contribution in [0, 0.1) is 0 Å². The van der Waals surface area contributed by atoms with E-state index in [1.165, 1.54) is 12.1 Å². The van der Waals surface area contributed by atoms with E-state index in [1.54, 1.807) is 13.4 Å². The maximum atomic E-state index is 5.43. The van der Waals surface area contributed by atoms with Crippen LogP contribution in [0.25, 0.3) is 0 Å². The number of rotatable bonds is 4. The number of hydrogen-bond acceptors (Lipinski definition) is 5. The van der Waals surface area contributed by atoms with Crippen LogP contribution >= 0.6 is 0 Å². The molecule has 1 saturated heterocycles. The van der Waals surface area contributed by atoms with Gasteiger partial charge in [0, 0.05) is 32.7 Å². The number of aromatic nitrogens is 1. The van der Waals surface area contributed by atoms with Gasteiger partial charge in [0.25, 0.3) is 0 Å². The van der Waals surface area contributed by atoms with Gasteiger partial charge in [-0.05, 0) is 12.1 Å². The second-order valence-corrected chi connectivity index (χ2v) is 4.91. The summed E-state index contributed by atoms with van der Waals surface area (Å²) in [6, 6.07) is 8.19. The lowest BCUT2D eigenvalue weighted by Crippen LogP contribution is -2.46. The van der Waals surface area contributed by atoms with Gasteiger partial charge >= 0.3 is 0 Å². The average molecular weight is 273 g/mol. The fourth-order valence-electron chi connectivity index (χ4n) is 2.58. The van der Waals surface area contributed by atoms with Crippen molar-refractivity contribution in [3.05, 3.63) is 42.6 Å². The summed E-state index contributed by atoms with van der Waals surface area (Å²) < 4.78 is 10.4. The SMILES string of the molecule is COc1ccccc1N1CCN(Cc2cocn2)CC1. The van der Waals surface area contributed by atoms with Crippen LogP contribution in [-0.2, 0) is 6.54 Å². The minimum Gasteiger partial charge on any atom is -0.495 e. The van der Waals surface area contributed by atoms with Crippen molar-refractivity contribution < 1.29 is 9.15 Å². The Labute approximate surface area is 118 Å². The molecule has 0 saturated carbocycles. The molecule has 1 fully saturated rings. The number of anilines is 1. The lowest BCUT2D eigenvalue weighted by molar-refractivity contribution is 0.246. The Morgan fingerprint density at radius 1 is 1.20 bits per heavy atom. The summed E-state index contributed by atoms with van der Waals surface area (Å²) in [6.07, 6.45) is 3.20. The standard InChI is InChI=1S/C15H19N3O2/c1-19-15-5-3-2-4-14(15)18-8-6-17(7-9-18)10-13-11-20-12-16-13/h2-5,11-12H,6-10H2,1H3. The van der Waals surface area contributed by atoms with E-state index in [9.17, 15) is 0 Å². The Bertz CT molecular complexity index is 534. The Morgan fingerprint density at radius 2 is 2.00 bits per heavy atom. The molecular weight excluding hydrogens is 254 g/mol. The lowest BCUT2D eigenvalue weighted by Gasteiger charge is -2.36. The van der Waals surface area contributed by atoms with Crippen molar-refractivity contribution in [1.82, 2.24) is 9.88 Å². The molecule has 5 nitrogen and oxygen atoms in total. The normalized spacial score (nSPS) is 16.4. The van der Waals surface area contributed by atoms with Crippen molar-refractivity contribution >= 4 is 5.69 Å². The van der Waals surface area contributed by atoms with Crippen LogP contribution in [0.3, 0.4) is 0 Å². The second-order valence-electron chi connectivity index (χ2n) is 4.91. The van der Waals surface area contributed by atoms with Crippen LogP contribution < -0.4 is 9.64 Å². The van der Waals surface area contributed by atoms with Crippen molar-refractivity contribution in [2.45, 2.75) is 6.54 Å². The Kier molecular flexibility index (Phi) is 3.87. The molecule has 0 aliphatic carbocycles. The molecule has 3 rings (SSSR count). The smallest absolute Gasteiger partial charge is 0.180 e. The van der Waals surface area contributed by atoms with Crippen LogP contribution in [0.15, 0.2) is 41.3 Å². The van der Waals surface area contributed by atoms with E-state index >= 15 is 0 Å². The summed E-state index contributed by atoms with van der Waals surface area (Å²) in [5.74, 6) is 0.942. The number of methoxy groups -OCH3 is 1. The number of nitrogens with zero attached hydrogens (tertiary/aromatic N) is 3. The maximum absolute atomic E-state index is 5.43. The number of ether oxygens (including phenoxy) is 1. The summed E-state index contributed by atoms with van der Waals surface area (Å²) >= 11 is 0. The van der Waals surface area contributed by atoms with Crippen LogP contribution in [0.5, 0.6) is 5.75 Å². The molecule has 0 radical (unpaired) electrons. The molecule has 1 aliphatic heterocycles. The minimum atomic E-state index is 0.857. The summed E-state index contributed by atoms with van der Waals surface area (Å²) in [5, 5.41) is 0. The summed E-state index contributed by atoms with van der Waals surface area (Å²) in [4.78, 5) is 8.94. The van der Waals surface area contributed by atoms with E-state index in [0.717, 1.165) is 44.2 Å². The molecule has 1 aliphatic rings. The molecule has 0 bridgehead atoms. The number of hydrogen-bond donors (Lipinski definition) is 0. The van der Waals surface area contributed by atoms with E-state index in [0.29, 0.717) is 0 Å². The number of oxazole rings is 1. The Balaban J connectivity index is 1.60. The molecule has 1 aromatic heterocycles. The fraction of sp³-hybridized carbons (Fsp3) is 0.400. The minimum absolute atomic E-state index is 0.857. The molecule has 0 spiro atoms. The number of piperazine rings is 1. The zero-order valence-electron chi connectivity index (χ0n) is 11.7. The van der Waals surface area contributed by atoms with Gasteiger partial charge in [0.15, 0.2) is 6.39 Å². The highest BCUT2D eigenvalue weighted by Gasteiger charge is 2.19. The van der Waals surface area contributed by atoms with Gasteiger partial charge in [0.2, 0.25) is 0 Å². The molecule has 106 valence electrons. The predicted molar refractivity (Wildman–Crippen MR) is 77.0 cm³/mol. The van der Waals surface area contributed by atoms with Gasteiger partial charge in [-0.1, -0.05) is 12.1 Å². The van der Waals surface area contributed by atoms with E-state index in [1.807, 2.05) is 12.1 Å². The van der Waals surface area contributed by atoms with Crippen LogP contribution in [0.1, 0.15) is 5.69 Å². The number of benzene rings is 1. The molecule has 1 aromatic carbocycles. The first-order valence-electron chi connectivity index (χ1n) is 6.84. The maximum Gasteiger partial charge on any atom is 0.180 e. The third kappa shape index (κ3) is 2.77. The third-order valence-corrected chi connectivity index (χ3v) is 3.67. The topological polar surface area (TPSA) is 41.7 Å². The number of para-hydroxylation sites is 2. The van der Waals surface area contributed by atoms with E-state index < -0.39 is 0 Å². The molecular formula is C15H19N3O2. The first kappa shape index (κ1) is 13.0. The highest BCUT2D eigenvalue weighted by molar-refractivity contribution is 5.58. The first-order valence-corrected chi connectivity index (χ1v) is 6.84. The van der Waals surface area contributed by atoms with Crippen LogP contribution in [0.2, 0.25) is 0 Å². The quantitative estimate of drug-likeness (QED) is 0.852. The van der Waals surface area contributed by atoms with Crippen molar-refractivity contribution in [3.8, 4) is 5.75 Å². The molecule has 5 heteroatoms. The van der Waals surface area contributed by atoms with E-state index in [-0.39, 0.29) is 0 Å². The zero-order valence-corrected chi connectivity index (χ0v) is 11.7. The summed E-state index contributed by atoms with van der Waals surface area (Å²) in [6.45, 7) is 4.89. The van der Waals surface area contributed by atoms with Crippen molar-refractivity contribution in [2.24, 2.45) is 0 Å². The van der Waals surface area contributed by atoms with Gasteiger partial charge in [0.1, 0.15) is 12.0 Å². The molecule has 0 N–H and O–H groups in total. The second kappa shape index (κ2) is 5.96. The van der Waals surface area contributed by atoms with Gasteiger partial charge in [-0.25, -0.2) is 4.98 Å². The molecule has 0 amide bonds.